The number of rotatable bonds is 7. The summed E-state index contributed by atoms with van der Waals surface area (Å²) in [5, 5.41) is 3.67. The highest BCUT2D eigenvalue weighted by Crippen LogP contribution is 2.20. The number of hydrogen-bond acceptors (Lipinski definition) is 3. The van der Waals surface area contributed by atoms with Gasteiger partial charge in [-0.3, -0.25) is 0 Å². The quantitative estimate of drug-likeness (QED) is 0.719. The van der Waals surface area contributed by atoms with Crippen molar-refractivity contribution in [2.24, 2.45) is 0 Å². The first kappa shape index (κ1) is 15.3. The van der Waals surface area contributed by atoms with E-state index >= 15 is 0 Å². The Balaban J connectivity index is 1.47. The molecule has 1 aliphatic heterocycles. The minimum absolute atomic E-state index is 0.557. The first-order chi connectivity index (χ1) is 9.38. The molecule has 0 radical (unpaired) electrons. The summed E-state index contributed by atoms with van der Waals surface area (Å²) < 4.78 is 5.96. The maximum Gasteiger partial charge on any atom is 0.0594 e. The molecule has 0 spiro atoms. The van der Waals surface area contributed by atoms with Gasteiger partial charge in [-0.05, 0) is 51.7 Å². The molecule has 0 atom stereocenters. The zero-order chi connectivity index (χ0) is 13.3. The van der Waals surface area contributed by atoms with E-state index in [-0.39, 0.29) is 0 Å². The lowest BCUT2D eigenvalue weighted by molar-refractivity contribution is 0.0284. The van der Waals surface area contributed by atoms with E-state index in [4.69, 9.17) is 4.74 Å². The van der Waals surface area contributed by atoms with E-state index in [9.17, 15) is 0 Å². The average molecular weight is 268 g/mol. The molecule has 0 aromatic carbocycles. The second-order valence-electron chi connectivity index (χ2n) is 6.20. The van der Waals surface area contributed by atoms with Crippen molar-refractivity contribution < 1.29 is 4.74 Å². The van der Waals surface area contributed by atoms with Gasteiger partial charge in [-0.2, -0.15) is 0 Å². The summed E-state index contributed by atoms with van der Waals surface area (Å²) >= 11 is 0. The third kappa shape index (κ3) is 5.80. The number of nitrogens with zero attached hydrogens (tertiary/aromatic N) is 1. The molecule has 112 valence electrons. The minimum Gasteiger partial charge on any atom is -0.377 e. The number of nitrogens with one attached hydrogen (secondary N) is 1. The standard InChI is InChI=1S/C16H32N2O/c1-2-11-18-12-8-15(9-13-18)17-10-14-19-16-6-4-3-5-7-16/h15-17H,2-14H2,1H3. The second-order valence-corrected chi connectivity index (χ2v) is 6.20. The maximum absolute atomic E-state index is 5.96. The number of likely N-dealkylation sites (tertiary alicyclic amines) is 1. The van der Waals surface area contributed by atoms with Crippen LogP contribution in [0.5, 0.6) is 0 Å². The van der Waals surface area contributed by atoms with Crippen molar-refractivity contribution in [3.63, 3.8) is 0 Å². The van der Waals surface area contributed by atoms with Crippen LogP contribution in [0.1, 0.15) is 58.3 Å². The molecule has 0 unspecified atom stereocenters. The van der Waals surface area contributed by atoms with Gasteiger partial charge < -0.3 is 15.0 Å². The van der Waals surface area contributed by atoms with E-state index < -0.39 is 0 Å². The van der Waals surface area contributed by atoms with Crippen LogP contribution in [0.15, 0.2) is 0 Å². The molecule has 1 heterocycles. The van der Waals surface area contributed by atoms with Gasteiger partial charge in [0.15, 0.2) is 0 Å². The molecule has 3 heteroatoms. The van der Waals surface area contributed by atoms with Crippen LogP contribution in [-0.4, -0.2) is 49.8 Å². The molecule has 0 amide bonds. The lowest BCUT2D eigenvalue weighted by Gasteiger charge is -2.32. The lowest BCUT2D eigenvalue weighted by atomic mass is 9.98. The average Bonchev–Trinajstić information content (AvgIpc) is 2.47. The van der Waals surface area contributed by atoms with Crippen molar-refractivity contribution in [1.29, 1.82) is 0 Å². The smallest absolute Gasteiger partial charge is 0.0594 e. The molecule has 0 aromatic rings. The Bertz CT molecular complexity index is 221. The van der Waals surface area contributed by atoms with Gasteiger partial charge in [-0.15, -0.1) is 0 Å². The maximum atomic E-state index is 5.96. The second kappa shape index (κ2) is 8.93. The Kier molecular flexibility index (Phi) is 7.18. The fraction of sp³-hybridized carbons (Fsp3) is 1.00. The molecule has 19 heavy (non-hydrogen) atoms. The fourth-order valence-corrected chi connectivity index (χ4v) is 3.40. The molecular weight excluding hydrogens is 236 g/mol. The summed E-state index contributed by atoms with van der Waals surface area (Å²) in [6, 6.07) is 0.725. The Hall–Kier alpha value is -0.120. The zero-order valence-corrected chi connectivity index (χ0v) is 12.7. The van der Waals surface area contributed by atoms with Crippen LogP contribution < -0.4 is 5.32 Å². The number of ether oxygens (including phenoxy) is 1. The largest absolute Gasteiger partial charge is 0.377 e. The molecule has 2 aliphatic rings. The molecule has 1 saturated heterocycles. The molecule has 0 aromatic heterocycles. The van der Waals surface area contributed by atoms with Crippen molar-refractivity contribution >= 4 is 0 Å². The normalized spacial score (nSPS) is 23.8. The summed E-state index contributed by atoms with van der Waals surface area (Å²) in [6.45, 7) is 8.03. The van der Waals surface area contributed by atoms with Gasteiger partial charge in [0, 0.05) is 12.6 Å². The van der Waals surface area contributed by atoms with Crippen molar-refractivity contribution in [2.45, 2.75) is 70.4 Å². The molecule has 0 bridgehead atoms. The van der Waals surface area contributed by atoms with Gasteiger partial charge in [-0.1, -0.05) is 26.2 Å². The summed E-state index contributed by atoms with van der Waals surface area (Å²) in [7, 11) is 0. The predicted octanol–water partition coefficient (Wildman–Crippen LogP) is 2.80. The van der Waals surface area contributed by atoms with Gasteiger partial charge in [0.25, 0.3) is 0 Å². The predicted molar refractivity (Wildman–Crippen MR) is 80.6 cm³/mol. The van der Waals surface area contributed by atoms with E-state index in [1.807, 2.05) is 0 Å². The van der Waals surface area contributed by atoms with Crippen molar-refractivity contribution in [3.05, 3.63) is 0 Å². The van der Waals surface area contributed by atoms with Gasteiger partial charge in [0.05, 0.1) is 12.7 Å². The van der Waals surface area contributed by atoms with Crippen molar-refractivity contribution in [2.75, 3.05) is 32.8 Å². The first-order valence-electron chi connectivity index (χ1n) is 8.46. The van der Waals surface area contributed by atoms with Crippen LogP contribution in [-0.2, 0) is 4.74 Å². The highest BCUT2D eigenvalue weighted by Gasteiger charge is 2.18. The topological polar surface area (TPSA) is 24.5 Å². The van der Waals surface area contributed by atoms with E-state index in [1.165, 1.54) is 71.0 Å². The number of piperidine rings is 1. The van der Waals surface area contributed by atoms with Crippen LogP contribution in [0.4, 0.5) is 0 Å². The molecule has 2 fully saturated rings. The SMILES string of the molecule is CCCN1CCC(NCCOC2CCCCC2)CC1. The van der Waals surface area contributed by atoms with Crippen LogP contribution in [0.25, 0.3) is 0 Å². The lowest BCUT2D eigenvalue weighted by Crippen LogP contribution is -2.43. The van der Waals surface area contributed by atoms with Crippen LogP contribution >= 0.6 is 0 Å². The monoisotopic (exact) mass is 268 g/mol. The van der Waals surface area contributed by atoms with E-state index in [0.717, 1.165) is 19.2 Å². The summed E-state index contributed by atoms with van der Waals surface area (Å²) in [5.74, 6) is 0. The van der Waals surface area contributed by atoms with Crippen LogP contribution in [0.2, 0.25) is 0 Å². The van der Waals surface area contributed by atoms with Crippen molar-refractivity contribution in [3.8, 4) is 0 Å². The summed E-state index contributed by atoms with van der Waals surface area (Å²) in [5.41, 5.74) is 0. The Morgan fingerprint density at radius 1 is 1.05 bits per heavy atom. The van der Waals surface area contributed by atoms with Gasteiger partial charge in [0.1, 0.15) is 0 Å². The highest BCUT2D eigenvalue weighted by atomic mass is 16.5. The molecular formula is C16H32N2O. The number of hydrogen-bond donors (Lipinski definition) is 1. The molecule has 3 nitrogen and oxygen atoms in total. The minimum atomic E-state index is 0.557. The Morgan fingerprint density at radius 3 is 2.47 bits per heavy atom. The third-order valence-corrected chi connectivity index (χ3v) is 4.57. The third-order valence-electron chi connectivity index (χ3n) is 4.57. The Labute approximate surface area is 119 Å². The molecule has 1 N–H and O–H groups in total. The van der Waals surface area contributed by atoms with E-state index in [0.29, 0.717) is 6.10 Å². The fourth-order valence-electron chi connectivity index (χ4n) is 3.40. The zero-order valence-electron chi connectivity index (χ0n) is 12.7. The van der Waals surface area contributed by atoms with Crippen LogP contribution in [0, 0.1) is 0 Å². The van der Waals surface area contributed by atoms with Crippen molar-refractivity contribution in [1.82, 2.24) is 10.2 Å². The van der Waals surface area contributed by atoms with Crippen LogP contribution in [0.3, 0.4) is 0 Å². The molecule has 1 aliphatic carbocycles. The molecule has 1 saturated carbocycles. The van der Waals surface area contributed by atoms with Gasteiger partial charge in [-0.25, -0.2) is 0 Å². The van der Waals surface area contributed by atoms with Gasteiger partial charge in [0.2, 0.25) is 0 Å². The van der Waals surface area contributed by atoms with E-state index in [1.54, 1.807) is 0 Å². The van der Waals surface area contributed by atoms with Gasteiger partial charge >= 0.3 is 0 Å². The Morgan fingerprint density at radius 2 is 1.79 bits per heavy atom. The van der Waals surface area contributed by atoms with E-state index in [2.05, 4.69) is 17.1 Å². The summed E-state index contributed by atoms with van der Waals surface area (Å²) in [4.78, 5) is 2.59. The summed E-state index contributed by atoms with van der Waals surface area (Å²) in [6.07, 6.45) is 11.2. The highest BCUT2D eigenvalue weighted by molar-refractivity contribution is 4.77. The molecule has 2 rings (SSSR count). The first-order valence-corrected chi connectivity index (χ1v) is 8.46.